The molecule has 1 aliphatic heterocycles. The number of nitrogens with one attached hydrogen (secondary N) is 1. The van der Waals surface area contributed by atoms with Gasteiger partial charge in [-0.2, -0.15) is 0 Å². The summed E-state index contributed by atoms with van der Waals surface area (Å²) < 4.78 is 0. The van der Waals surface area contributed by atoms with E-state index in [9.17, 15) is 9.90 Å². The lowest BCUT2D eigenvalue weighted by molar-refractivity contribution is -0.139. The zero-order valence-corrected chi connectivity index (χ0v) is 10.9. The second-order valence-electron chi connectivity index (χ2n) is 5.32. The van der Waals surface area contributed by atoms with Crippen LogP contribution >= 0.6 is 0 Å². The third-order valence-electron chi connectivity index (χ3n) is 3.59. The predicted octanol–water partition coefficient (Wildman–Crippen LogP) is 1.35. The van der Waals surface area contributed by atoms with E-state index in [1.54, 1.807) is 17.0 Å². The molecule has 1 atom stereocenters. The molecular weight excluding hydrogens is 228 g/mol. The molecule has 4 nitrogen and oxygen atoms in total. The van der Waals surface area contributed by atoms with Crippen molar-refractivity contribution in [3.8, 4) is 5.75 Å². The van der Waals surface area contributed by atoms with Crippen molar-refractivity contribution >= 4 is 5.91 Å². The highest BCUT2D eigenvalue weighted by atomic mass is 16.3. The van der Waals surface area contributed by atoms with Gasteiger partial charge in [-0.1, -0.05) is 12.1 Å². The molecule has 0 aromatic heterocycles. The predicted molar refractivity (Wildman–Crippen MR) is 70.2 cm³/mol. The molecule has 0 radical (unpaired) electrons. The number of aromatic hydroxyl groups is 1. The van der Waals surface area contributed by atoms with E-state index >= 15 is 0 Å². The summed E-state index contributed by atoms with van der Waals surface area (Å²) in [6.07, 6.45) is 0.895. The Labute approximate surface area is 108 Å². The zero-order valence-electron chi connectivity index (χ0n) is 10.9. The fraction of sp³-hybridized carbons (Fsp3) is 0.500. The first-order chi connectivity index (χ1) is 8.51. The fourth-order valence-electron chi connectivity index (χ4n) is 2.41. The summed E-state index contributed by atoms with van der Waals surface area (Å²) in [5, 5.41) is 12.5. The lowest BCUT2D eigenvalue weighted by Crippen LogP contribution is -2.41. The van der Waals surface area contributed by atoms with Crippen molar-refractivity contribution in [2.45, 2.75) is 19.9 Å². The van der Waals surface area contributed by atoms with E-state index in [0.717, 1.165) is 25.1 Å². The molecule has 0 bridgehead atoms. The van der Waals surface area contributed by atoms with Gasteiger partial charge in [0.1, 0.15) is 5.75 Å². The van der Waals surface area contributed by atoms with Crippen molar-refractivity contribution in [2.75, 3.05) is 20.1 Å². The topological polar surface area (TPSA) is 52.6 Å². The van der Waals surface area contributed by atoms with E-state index in [1.807, 2.05) is 26.1 Å². The average molecular weight is 248 g/mol. The molecule has 1 fully saturated rings. The molecule has 0 spiro atoms. The molecule has 0 aliphatic carbocycles. The number of hydrogen-bond acceptors (Lipinski definition) is 3. The Morgan fingerprint density at radius 1 is 1.44 bits per heavy atom. The van der Waals surface area contributed by atoms with E-state index in [4.69, 9.17) is 0 Å². The monoisotopic (exact) mass is 248 g/mol. The second-order valence-corrected chi connectivity index (χ2v) is 5.32. The first kappa shape index (κ1) is 12.9. The molecule has 98 valence electrons. The third-order valence-corrected chi connectivity index (χ3v) is 3.59. The van der Waals surface area contributed by atoms with Gasteiger partial charge in [-0.15, -0.1) is 0 Å². The summed E-state index contributed by atoms with van der Waals surface area (Å²) >= 11 is 0. The Bertz CT molecular complexity index is 422. The first-order valence-corrected chi connectivity index (χ1v) is 6.25. The maximum atomic E-state index is 12.4. The molecule has 2 N–H and O–H groups in total. The Kier molecular flexibility index (Phi) is 3.57. The van der Waals surface area contributed by atoms with Gasteiger partial charge >= 0.3 is 0 Å². The maximum Gasteiger partial charge on any atom is 0.229 e. The SMILES string of the molecule is CN(Cc1ccc(O)cc1)C(=O)C1(C)CCNC1. The van der Waals surface area contributed by atoms with Gasteiger partial charge in [-0.25, -0.2) is 0 Å². The number of amides is 1. The fourth-order valence-corrected chi connectivity index (χ4v) is 2.41. The van der Waals surface area contributed by atoms with Crippen molar-refractivity contribution in [2.24, 2.45) is 5.41 Å². The number of benzene rings is 1. The van der Waals surface area contributed by atoms with Crippen LogP contribution in [0.15, 0.2) is 24.3 Å². The lowest BCUT2D eigenvalue weighted by atomic mass is 9.88. The Morgan fingerprint density at radius 2 is 2.11 bits per heavy atom. The number of phenolic OH excluding ortho intramolecular Hbond substituents is 1. The molecule has 4 heteroatoms. The molecule has 0 saturated carbocycles. The average Bonchev–Trinajstić information content (AvgIpc) is 2.79. The minimum absolute atomic E-state index is 0.181. The quantitative estimate of drug-likeness (QED) is 0.849. The van der Waals surface area contributed by atoms with Crippen molar-refractivity contribution in [3.05, 3.63) is 29.8 Å². The van der Waals surface area contributed by atoms with Crippen LogP contribution in [0.4, 0.5) is 0 Å². The van der Waals surface area contributed by atoms with Gasteiger partial charge < -0.3 is 15.3 Å². The van der Waals surface area contributed by atoms with Crippen LogP contribution in [0.5, 0.6) is 5.75 Å². The summed E-state index contributed by atoms with van der Waals surface area (Å²) in [4.78, 5) is 14.1. The smallest absolute Gasteiger partial charge is 0.229 e. The largest absolute Gasteiger partial charge is 0.508 e. The van der Waals surface area contributed by atoms with E-state index in [1.165, 1.54) is 0 Å². The minimum atomic E-state index is -0.272. The Hall–Kier alpha value is -1.55. The van der Waals surface area contributed by atoms with Gasteiger partial charge in [0.15, 0.2) is 0 Å². The van der Waals surface area contributed by atoms with Crippen molar-refractivity contribution in [1.82, 2.24) is 10.2 Å². The summed E-state index contributed by atoms with van der Waals surface area (Å²) in [7, 11) is 1.83. The van der Waals surface area contributed by atoms with Gasteiger partial charge in [0.05, 0.1) is 5.41 Å². The summed E-state index contributed by atoms with van der Waals surface area (Å²) in [5.41, 5.74) is 0.754. The molecule has 18 heavy (non-hydrogen) atoms. The van der Waals surface area contributed by atoms with Crippen molar-refractivity contribution in [3.63, 3.8) is 0 Å². The minimum Gasteiger partial charge on any atom is -0.508 e. The first-order valence-electron chi connectivity index (χ1n) is 6.25. The van der Waals surface area contributed by atoms with Gasteiger partial charge in [0.25, 0.3) is 0 Å². The summed E-state index contributed by atoms with van der Waals surface area (Å²) in [5.74, 6) is 0.431. The van der Waals surface area contributed by atoms with Crippen LogP contribution in [0.3, 0.4) is 0 Å². The van der Waals surface area contributed by atoms with Gasteiger partial charge in [-0.3, -0.25) is 4.79 Å². The molecule has 1 unspecified atom stereocenters. The lowest BCUT2D eigenvalue weighted by Gasteiger charge is -2.28. The number of carbonyl (C=O) groups excluding carboxylic acids is 1. The van der Waals surface area contributed by atoms with E-state index in [0.29, 0.717) is 6.54 Å². The number of hydrogen-bond donors (Lipinski definition) is 2. The van der Waals surface area contributed by atoms with Crippen LogP contribution in [0, 0.1) is 5.41 Å². The van der Waals surface area contributed by atoms with Gasteiger partial charge in [-0.05, 0) is 37.6 Å². The highest BCUT2D eigenvalue weighted by Crippen LogP contribution is 2.27. The third kappa shape index (κ3) is 2.64. The van der Waals surface area contributed by atoms with E-state index in [-0.39, 0.29) is 17.1 Å². The number of carbonyl (C=O) groups is 1. The highest BCUT2D eigenvalue weighted by Gasteiger charge is 2.38. The number of nitrogens with zero attached hydrogens (tertiary/aromatic N) is 1. The van der Waals surface area contributed by atoms with Crippen LogP contribution < -0.4 is 5.32 Å². The Morgan fingerprint density at radius 3 is 2.67 bits per heavy atom. The molecule has 1 heterocycles. The van der Waals surface area contributed by atoms with Crippen LogP contribution in [-0.2, 0) is 11.3 Å². The molecule has 1 saturated heterocycles. The summed E-state index contributed by atoms with van der Waals surface area (Å²) in [6, 6.07) is 6.97. The van der Waals surface area contributed by atoms with Crippen LogP contribution in [0.2, 0.25) is 0 Å². The van der Waals surface area contributed by atoms with E-state index in [2.05, 4.69) is 5.32 Å². The summed E-state index contributed by atoms with van der Waals surface area (Å²) in [6.45, 7) is 4.26. The standard InChI is InChI=1S/C14H20N2O2/c1-14(7-8-15-10-14)13(18)16(2)9-11-3-5-12(17)6-4-11/h3-6,15,17H,7-10H2,1-2H3. The van der Waals surface area contributed by atoms with Crippen molar-refractivity contribution < 1.29 is 9.90 Å². The molecular formula is C14H20N2O2. The molecule has 1 amide bonds. The normalized spacial score (nSPS) is 23.0. The highest BCUT2D eigenvalue weighted by molar-refractivity contribution is 5.82. The second kappa shape index (κ2) is 4.98. The van der Waals surface area contributed by atoms with Gasteiger partial charge in [0.2, 0.25) is 5.91 Å². The Balaban J connectivity index is 2.01. The van der Waals surface area contributed by atoms with Crippen molar-refractivity contribution in [1.29, 1.82) is 0 Å². The molecule has 1 aromatic rings. The number of rotatable bonds is 3. The van der Waals surface area contributed by atoms with Gasteiger partial charge in [0, 0.05) is 20.1 Å². The molecule has 1 aromatic carbocycles. The number of phenols is 1. The zero-order chi connectivity index (χ0) is 13.2. The maximum absolute atomic E-state index is 12.4. The van der Waals surface area contributed by atoms with Crippen LogP contribution in [0.1, 0.15) is 18.9 Å². The van der Waals surface area contributed by atoms with E-state index < -0.39 is 0 Å². The van der Waals surface area contributed by atoms with Crippen LogP contribution in [0.25, 0.3) is 0 Å². The molecule has 2 rings (SSSR count). The molecule has 1 aliphatic rings. The van der Waals surface area contributed by atoms with Crippen LogP contribution in [-0.4, -0.2) is 36.1 Å².